The van der Waals surface area contributed by atoms with Gasteiger partial charge in [0.1, 0.15) is 0 Å². The fourth-order valence-electron chi connectivity index (χ4n) is 2.05. The summed E-state index contributed by atoms with van der Waals surface area (Å²) in [6.45, 7) is 6.85. The molecule has 0 spiro atoms. The average Bonchev–Trinajstić information content (AvgIpc) is 2.75. The molecule has 2 rings (SSSR count). The van der Waals surface area contributed by atoms with Gasteiger partial charge in [-0.05, 0) is 39.3 Å². The Kier molecular flexibility index (Phi) is 6.30. The Morgan fingerprint density at radius 2 is 2.05 bits per heavy atom. The van der Waals surface area contributed by atoms with Gasteiger partial charge in [-0.15, -0.1) is 11.3 Å². The molecule has 0 bridgehead atoms. The number of hydrogen-bond donors (Lipinski definition) is 1. The molecule has 1 N–H and O–H groups in total. The Hall–Kier alpha value is -0.610. The van der Waals surface area contributed by atoms with Crippen LogP contribution in [0.15, 0.2) is 24.3 Å². The SMILES string of the molecule is CC(C)OCCCCNCc1sc2ccccc2c1Cl. The minimum Gasteiger partial charge on any atom is -0.379 e. The molecule has 0 atom stereocenters. The molecule has 1 aromatic carbocycles. The summed E-state index contributed by atoms with van der Waals surface area (Å²) >= 11 is 8.18. The Bertz CT molecular complexity index is 538. The molecule has 2 nitrogen and oxygen atoms in total. The van der Waals surface area contributed by atoms with E-state index in [0.29, 0.717) is 6.10 Å². The van der Waals surface area contributed by atoms with Crippen molar-refractivity contribution in [3.8, 4) is 0 Å². The highest BCUT2D eigenvalue weighted by Crippen LogP contribution is 2.34. The van der Waals surface area contributed by atoms with Crippen molar-refractivity contribution in [2.45, 2.75) is 39.3 Å². The molecule has 0 fully saturated rings. The van der Waals surface area contributed by atoms with Crippen molar-refractivity contribution >= 4 is 33.0 Å². The molecule has 110 valence electrons. The minimum atomic E-state index is 0.334. The topological polar surface area (TPSA) is 21.3 Å². The second-order valence-electron chi connectivity index (χ2n) is 5.14. The molecule has 0 aliphatic heterocycles. The van der Waals surface area contributed by atoms with Crippen LogP contribution in [0.3, 0.4) is 0 Å². The van der Waals surface area contributed by atoms with E-state index >= 15 is 0 Å². The molecule has 0 amide bonds. The smallest absolute Gasteiger partial charge is 0.0636 e. The molecule has 20 heavy (non-hydrogen) atoms. The van der Waals surface area contributed by atoms with E-state index in [1.165, 1.54) is 15.0 Å². The number of rotatable bonds is 8. The highest BCUT2D eigenvalue weighted by Gasteiger charge is 2.08. The van der Waals surface area contributed by atoms with E-state index in [-0.39, 0.29) is 0 Å². The van der Waals surface area contributed by atoms with Crippen LogP contribution in [-0.2, 0) is 11.3 Å². The summed E-state index contributed by atoms with van der Waals surface area (Å²) in [4.78, 5) is 1.23. The van der Waals surface area contributed by atoms with Gasteiger partial charge in [0, 0.05) is 28.1 Å². The highest BCUT2D eigenvalue weighted by molar-refractivity contribution is 7.19. The standard InChI is InChI=1S/C16H22ClNOS/c1-12(2)19-10-6-5-9-18-11-15-16(17)13-7-3-4-8-14(13)20-15/h3-4,7-8,12,18H,5-6,9-11H2,1-2H3. The molecular weight excluding hydrogens is 290 g/mol. The summed E-state index contributed by atoms with van der Waals surface area (Å²) in [7, 11) is 0. The van der Waals surface area contributed by atoms with Crippen LogP contribution < -0.4 is 5.32 Å². The van der Waals surface area contributed by atoms with Crippen molar-refractivity contribution in [3.05, 3.63) is 34.2 Å². The lowest BCUT2D eigenvalue weighted by Crippen LogP contribution is -2.15. The normalized spacial score (nSPS) is 11.6. The Morgan fingerprint density at radius 3 is 2.80 bits per heavy atom. The summed E-state index contributed by atoms with van der Waals surface area (Å²) in [5.74, 6) is 0. The van der Waals surface area contributed by atoms with Crippen LogP contribution >= 0.6 is 22.9 Å². The second kappa shape index (κ2) is 7.99. The third kappa shape index (κ3) is 4.45. The Morgan fingerprint density at radius 1 is 1.25 bits per heavy atom. The van der Waals surface area contributed by atoms with Gasteiger partial charge in [-0.3, -0.25) is 0 Å². The van der Waals surface area contributed by atoms with E-state index in [9.17, 15) is 0 Å². The van der Waals surface area contributed by atoms with E-state index in [1.54, 1.807) is 11.3 Å². The number of nitrogens with one attached hydrogen (secondary N) is 1. The maximum atomic E-state index is 6.40. The van der Waals surface area contributed by atoms with Gasteiger partial charge in [-0.2, -0.15) is 0 Å². The van der Waals surface area contributed by atoms with Gasteiger partial charge < -0.3 is 10.1 Å². The van der Waals surface area contributed by atoms with Gasteiger partial charge in [0.05, 0.1) is 11.1 Å². The number of thiophene rings is 1. The average molecular weight is 312 g/mol. The molecule has 0 saturated carbocycles. The molecule has 0 saturated heterocycles. The van der Waals surface area contributed by atoms with E-state index in [4.69, 9.17) is 16.3 Å². The second-order valence-corrected chi connectivity index (χ2v) is 6.65. The van der Waals surface area contributed by atoms with Gasteiger partial charge in [-0.25, -0.2) is 0 Å². The molecule has 2 aromatic rings. The number of halogens is 1. The van der Waals surface area contributed by atoms with Crippen LogP contribution in [0, 0.1) is 0 Å². The van der Waals surface area contributed by atoms with Crippen LogP contribution in [0.5, 0.6) is 0 Å². The van der Waals surface area contributed by atoms with Crippen LogP contribution in [0.2, 0.25) is 5.02 Å². The minimum absolute atomic E-state index is 0.334. The number of fused-ring (bicyclic) bond motifs is 1. The van der Waals surface area contributed by atoms with Crippen LogP contribution in [-0.4, -0.2) is 19.3 Å². The molecule has 1 aromatic heterocycles. The Labute approximate surface area is 130 Å². The molecule has 0 unspecified atom stereocenters. The first-order chi connectivity index (χ1) is 9.68. The zero-order chi connectivity index (χ0) is 14.4. The lowest BCUT2D eigenvalue weighted by atomic mass is 10.2. The molecule has 4 heteroatoms. The number of unbranched alkanes of at least 4 members (excludes halogenated alkanes) is 1. The molecule has 0 radical (unpaired) electrons. The van der Waals surface area contributed by atoms with E-state index in [1.807, 2.05) is 6.07 Å². The highest BCUT2D eigenvalue weighted by atomic mass is 35.5. The molecule has 0 aliphatic rings. The quantitative estimate of drug-likeness (QED) is 0.704. The first-order valence-electron chi connectivity index (χ1n) is 7.16. The number of ether oxygens (including phenoxy) is 1. The molecule has 0 aliphatic carbocycles. The fraction of sp³-hybridized carbons (Fsp3) is 0.500. The van der Waals surface area contributed by atoms with Crippen LogP contribution in [0.4, 0.5) is 0 Å². The lowest BCUT2D eigenvalue weighted by Gasteiger charge is -2.07. The summed E-state index contributed by atoms with van der Waals surface area (Å²) in [6, 6.07) is 8.30. The Balaban J connectivity index is 1.72. The van der Waals surface area contributed by atoms with Gasteiger partial charge in [-0.1, -0.05) is 29.8 Å². The van der Waals surface area contributed by atoms with Crippen LogP contribution in [0.25, 0.3) is 10.1 Å². The van der Waals surface area contributed by atoms with Gasteiger partial charge in [0.15, 0.2) is 0 Å². The number of benzene rings is 1. The maximum Gasteiger partial charge on any atom is 0.0636 e. The maximum absolute atomic E-state index is 6.40. The largest absolute Gasteiger partial charge is 0.379 e. The fourth-order valence-corrected chi connectivity index (χ4v) is 3.52. The summed E-state index contributed by atoms with van der Waals surface area (Å²) in [5.41, 5.74) is 0. The van der Waals surface area contributed by atoms with E-state index in [0.717, 1.165) is 37.6 Å². The van der Waals surface area contributed by atoms with Gasteiger partial charge in [0.2, 0.25) is 0 Å². The third-order valence-electron chi connectivity index (χ3n) is 3.09. The predicted octanol–water partition coefficient (Wildman–Crippen LogP) is 4.85. The monoisotopic (exact) mass is 311 g/mol. The lowest BCUT2D eigenvalue weighted by molar-refractivity contribution is 0.0760. The van der Waals surface area contributed by atoms with Crippen molar-refractivity contribution < 1.29 is 4.74 Å². The predicted molar refractivity (Wildman–Crippen MR) is 88.9 cm³/mol. The number of hydrogen-bond acceptors (Lipinski definition) is 3. The summed E-state index contributed by atoms with van der Waals surface area (Å²) in [6.07, 6.45) is 2.57. The van der Waals surface area contributed by atoms with E-state index < -0.39 is 0 Å². The molecule has 1 heterocycles. The van der Waals surface area contributed by atoms with Gasteiger partial charge >= 0.3 is 0 Å². The third-order valence-corrected chi connectivity index (χ3v) is 4.80. The van der Waals surface area contributed by atoms with Crippen LogP contribution in [0.1, 0.15) is 31.6 Å². The zero-order valence-corrected chi connectivity index (χ0v) is 13.7. The van der Waals surface area contributed by atoms with Crippen molar-refractivity contribution in [1.29, 1.82) is 0 Å². The van der Waals surface area contributed by atoms with Crippen molar-refractivity contribution in [2.75, 3.05) is 13.2 Å². The summed E-state index contributed by atoms with van der Waals surface area (Å²) < 4.78 is 6.78. The van der Waals surface area contributed by atoms with E-state index in [2.05, 4.69) is 37.4 Å². The van der Waals surface area contributed by atoms with Gasteiger partial charge in [0.25, 0.3) is 0 Å². The first-order valence-corrected chi connectivity index (χ1v) is 8.36. The first kappa shape index (κ1) is 15.8. The van der Waals surface area contributed by atoms with Crippen molar-refractivity contribution in [3.63, 3.8) is 0 Å². The zero-order valence-electron chi connectivity index (χ0n) is 12.1. The molecular formula is C16H22ClNOS. The van der Waals surface area contributed by atoms with Crippen molar-refractivity contribution in [2.24, 2.45) is 0 Å². The van der Waals surface area contributed by atoms with Crippen molar-refractivity contribution in [1.82, 2.24) is 5.32 Å². The summed E-state index contributed by atoms with van der Waals surface area (Å²) in [5, 5.41) is 5.53.